The molecule has 5 heteroatoms. The Morgan fingerprint density at radius 3 is 2.17 bits per heavy atom. The summed E-state index contributed by atoms with van der Waals surface area (Å²) in [6.45, 7) is -0.00413. The highest BCUT2D eigenvalue weighted by Crippen LogP contribution is 2.38. The number of hydrogen-bond acceptors (Lipinski definition) is 3. The number of hydrogen-bond donors (Lipinski definition) is 1. The fourth-order valence-corrected chi connectivity index (χ4v) is 3.66. The normalized spacial score (nSPS) is 16.2. The number of azide groups is 1. The average Bonchev–Trinajstić information content (AvgIpc) is 2.78. The molecule has 2 aromatic carbocycles. The number of aryl methyl sites for hydroxylation is 2. The van der Waals surface area contributed by atoms with Crippen LogP contribution in [-0.2, 0) is 17.6 Å². The van der Waals surface area contributed by atoms with E-state index in [-0.39, 0.29) is 12.5 Å². The molecule has 0 aromatic heterocycles. The van der Waals surface area contributed by atoms with Crippen molar-refractivity contribution in [2.45, 2.75) is 31.0 Å². The Morgan fingerprint density at radius 1 is 1.12 bits per heavy atom. The Bertz CT molecular complexity index is 708. The topological polar surface area (TPSA) is 78.2 Å². The number of benzene rings is 2. The lowest BCUT2D eigenvalue weighted by Crippen LogP contribution is -2.37. The molecule has 0 spiro atoms. The molecule has 0 saturated carbocycles. The molecule has 3 rings (SSSR count). The van der Waals surface area contributed by atoms with Crippen molar-refractivity contribution in [2.75, 3.05) is 13.7 Å². The van der Waals surface area contributed by atoms with Crippen molar-refractivity contribution in [3.05, 3.63) is 81.2 Å². The highest BCUT2D eigenvalue weighted by Gasteiger charge is 2.34. The van der Waals surface area contributed by atoms with E-state index in [2.05, 4.69) is 34.3 Å². The first-order valence-corrected chi connectivity index (χ1v) is 8.13. The largest absolute Gasteiger partial charge is 0.390 e. The third kappa shape index (κ3) is 3.15. The lowest BCUT2D eigenvalue weighted by Gasteiger charge is -2.31. The predicted molar refractivity (Wildman–Crippen MR) is 93.0 cm³/mol. The van der Waals surface area contributed by atoms with E-state index in [4.69, 9.17) is 10.3 Å². The van der Waals surface area contributed by atoms with Crippen LogP contribution in [-0.4, -0.2) is 31.0 Å². The van der Waals surface area contributed by atoms with Crippen LogP contribution in [0.25, 0.3) is 10.4 Å². The van der Waals surface area contributed by atoms with E-state index in [9.17, 15) is 5.11 Å². The summed E-state index contributed by atoms with van der Waals surface area (Å²) < 4.78 is 5.68. The van der Waals surface area contributed by atoms with Gasteiger partial charge in [-0.1, -0.05) is 53.6 Å². The minimum absolute atomic E-state index is 0.00413. The van der Waals surface area contributed by atoms with Crippen LogP contribution in [0.2, 0.25) is 0 Å². The lowest BCUT2D eigenvalue weighted by atomic mass is 9.82. The molecule has 2 aromatic rings. The van der Waals surface area contributed by atoms with Crippen LogP contribution < -0.4 is 0 Å². The number of aliphatic hydroxyl groups is 1. The number of nitrogens with zero attached hydrogens (tertiary/aromatic N) is 3. The fourth-order valence-electron chi connectivity index (χ4n) is 3.66. The molecule has 1 aliphatic carbocycles. The van der Waals surface area contributed by atoms with Crippen LogP contribution in [0.4, 0.5) is 0 Å². The molecule has 2 atom stereocenters. The van der Waals surface area contributed by atoms with E-state index >= 15 is 0 Å². The lowest BCUT2D eigenvalue weighted by molar-refractivity contribution is -0.0159. The summed E-state index contributed by atoms with van der Waals surface area (Å²) in [4.78, 5) is 2.75. The van der Waals surface area contributed by atoms with E-state index in [1.807, 2.05) is 24.3 Å². The Kier molecular flexibility index (Phi) is 5.16. The Morgan fingerprint density at radius 2 is 1.67 bits per heavy atom. The predicted octanol–water partition coefficient (Wildman–Crippen LogP) is 3.60. The summed E-state index contributed by atoms with van der Waals surface area (Å²) >= 11 is 0. The Labute approximate surface area is 141 Å². The molecular formula is C19H21N3O2. The number of ether oxygens (including phenoxy) is 1. The minimum Gasteiger partial charge on any atom is -0.390 e. The maximum Gasteiger partial charge on any atom is 0.0940 e. The molecule has 0 radical (unpaired) electrons. The summed E-state index contributed by atoms with van der Waals surface area (Å²) in [6, 6.07) is 16.6. The molecule has 24 heavy (non-hydrogen) atoms. The fraction of sp³-hybridized carbons (Fsp3) is 0.368. The van der Waals surface area contributed by atoms with Crippen molar-refractivity contribution in [1.29, 1.82) is 0 Å². The second-order valence-electron chi connectivity index (χ2n) is 6.06. The number of fused-ring (bicyclic) bond motifs is 2. The molecule has 1 N–H and O–H groups in total. The quantitative estimate of drug-likeness (QED) is 0.518. The highest BCUT2D eigenvalue weighted by molar-refractivity contribution is 5.46. The molecule has 1 aliphatic rings. The van der Waals surface area contributed by atoms with Crippen LogP contribution in [0.5, 0.6) is 0 Å². The third-order valence-electron chi connectivity index (χ3n) is 4.76. The van der Waals surface area contributed by atoms with Crippen molar-refractivity contribution in [3.8, 4) is 0 Å². The zero-order chi connectivity index (χ0) is 16.9. The van der Waals surface area contributed by atoms with Crippen molar-refractivity contribution in [2.24, 2.45) is 5.11 Å². The molecule has 0 heterocycles. The highest BCUT2D eigenvalue weighted by atomic mass is 16.5. The molecular weight excluding hydrogens is 302 g/mol. The molecule has 2 unspecified atom stereocenters. The van der Waals surface area contributed by atoms with E-state index in [1.165, 1.54) is 22.3 Å². The molecule has 0 amide bonds. The monoisotopic (exact) mass is 323 g/mol. The van der Waals surface area contributed by atoms with Gasteiger partial charge in [-0.15, -0.1) is 0 Å². The van der Waals surface area contributed by atoms with Crippen LogP contribution >= 0.6 is 0 Å². The molecule has 5 nitrogen and oxygen atoms in total. The molecule has 0 fully saturated rings. The summed E-state index contributed by atoms with van der Waals surface area (Å²) in [5.74, 6) is -0.0891. The second kappa shape index (κ2) is 7.49. The molecule has 0 aliphatic heterocycles. The zero-order valence-electron chi connectivity index (χ0n) is 13.7. The van der Waals surface area contributed by atoms with Gasteiger partial charge in [0.25, 0.3) is 0 Å². The second-order valence-corrected chi connectivity index (χ2v) is 6.06. The minimum atomic E-state index is -0.866. The van der Waals surface area contributed by atoms with Gasteiger partial charge in [-0.2, -0.15) is 0 Å². The maximum atomic E-state index is 10.5. The van der Waals surface area contributed by atoms with E-state index in [0.717, 1.165) is 12.8 Å². The number of aliphatic hydroxyl groups excluding tert-OH is 1. The molecule has 0 saturated heterocycles. The maximum absolute atomic E-state index is 10.5. The van der Waals surface area contributed by atoms with Gasteiger partial charge in [0.1, 0.15) is 0 Å². The van der Waals surface area contributed by atoms with Gasteiger partial charge in [0.05, 0.1) is 18.8 Å². The first-order chi connectivity index (χ1) is 11.8. The summed E-state index contributed by atoms with van der Waals surface area (Å²) in [5.41, 5.74) is 13.4. The summed E-state index contributed by atoms with van der Waals surface area (Å²) in [5, 5.41) is 14.1. The van der Waals surface area contributed by atoms with E-state index in [0.29, 0.717) is 0 Å². The van der Waals surface area contributed by atoms with Gasteiger partial charge in [-0.3, -0.25) is 0 Å². The molecule has 0 bridgehead atoms. The Hall–Kier alpha value is -2.33. The van der Waals surface area contributed by atoms with Gasteiger partial charge < -0.3 is 9.84 Å². The first-order valence-electron chi connectivity index (χ1n) is 8.13. The third-order valence-corrected chi connectivity index (χ3v) is 4.76. The average molecular weight is 323 g/mol. The van der Waals surface area contributed by atoms with Crippen LogP contribution in [0.3, 0.4) is 0 Å². The smallest absolute Gasteiger partial charge is 0.0940 e. The van der Waals surface area contributed by atoms with E-state index < -0.39 is 12.2 Å². The van der Waals surface area contributed by atoms with Crippen molar-refractivity contribution in [1.82, 2.24) is 0 Å². The summed E-state index contributed by atoms with van der Waals surface area (Å²) in [6.07, 6.45) is 0.588. The van der Waals surface area contributed by atoms with Gasteiger partial charge in [0.2, 0.25) is 0 Å². The Balaban J connectivity index is 2.11. The number of methoxy groups -OCH3 is 1. The zero-order valence-corrected chi connectivity index (χ0v) is 13.7. The van der Waals surface area contributed by atoms with Crippen LogP contribution in [0, 0.1) is 0 Å². The van der Waals surface area contributed by atoms with Crippen LogP contribution in [0.15, 0.2) is 53.6 Å². The summed E-state index contributed by atoms with van der Waals surface area (Å²) in [7, 11) is 1.60. The first kappa shape index (κ1) is 16.5. The number of rotatable bonds is 5. The van der Waals surface area contributed by atoms with Crippen LogP contribution in [0.1, 0.15) is 28.2 Å². The van der Waals surface area contributed by atoms with Gasteiger partial charge in [0, 0.05) is 17.9 Å². The standard InChI is InChI=1S/C19H21N3O2/c1-24-19(17(23)12-21-22-20)18-15-8-4-2-6-13(15)10-11-14-7-3-5-9-16(14)18/h2-9,17-19,23H,10-12H2,1H3. The van der Waals surface area contributed by atoms with Gasteiger partial charge in [-0.05, 0) is 40.6 Å². The van der Waals surface area contributed by atoms with Crippen molar-refractivity contribution < 1.29 is 9.84 Å². The van der Waals surface area contributed by atoms with E-state index in [1.54, 1.807) is 7.11 Å². The SMILES string of the molecule is COC(C(O)CN=[N+]=[N-])C1c2ccccc2CCc2ccccc21. The molecule has 124 valence electrons. The van der Waals surface area contributed by atoms with Gasteiger partial charge in [-0.25, -0.2) is 0 Å². The van der Waals surface area contributed by atoms with Crippen molar-refractivity contribution in [3.63, 3.8) is 0 Å². The van der Waals surface area contributed by atoms with Gasteiger partial charge in [0.15, 0.2) is 0 Å². The van der Waals surface area contributed by atoms with Gasteiger partial charge >= 0.3 is 0 Å². The van der Waals surface area contributed by atoms with Crippen molar-refractivity contribution >= 4 is 0 Å².